The molecule has 0 radical (unpaired) electrons. The number of methoxy groups -OCH3 is 2. The quantitative estimate of drug-likeness (QED) is 0.419. The van der Waals surface area contributed by atoms with Crippen molar-refractivity contribution >= 4 is 27.3 Å². The first-order chi connectivity index (χ1) is 7.52. The highest BCUT2D eigenvalue weighted by atomic mass is 32.2. The van der Waals surface area contributed by atoms with Crippen molar-refractivity contribution in [1.29, 1.82) is 0 Å². The Balaban J connectivity index is 3.32. The van der Waals surface area contributed by atoms with Crippen LogP contribution < -0.4 is 0 Å². The molecule has 0 aromatic rings. The Morgan fingerprint density at radius 3 is 1.94 bits per heavy atom. The molecule has 0 aromatic heterocycles. The third-order valence-electron chi connectivity index (χ3n) is 2.30. The molecule has 0 aliphatic carbocycles. The zero-order chi connectivity index (χ0) is 12.3. The van der Waals surface area contributed by atoms with Crippen LogP contribution in [0.3, 0.4) is 0 Å². The molecule has 0 saturated heterocycles. The minimum absolute atomic E-state index is 0.0515. The van der Waals surface area contributed by atoms with Crippen LogP contribution in [-0.4, -0.2) is 31.0 Å². The molecule has 88 valence electrons. The zero-order valence-corrected chi connectivity index (χ0v) is 10.5. The lowest BCUT2D eigenvalue weighted by Crippen LogP contribution is -2.26. The van der Waals surface area contributed by atoms with Gasteiger partial charge in [-0.2, -0.15) is 0 Å². The molecule has 5 heteroatoms. The number of hydrogen-bond acceptors (Lipinski definition) is 4. The lowest BCUT2D eigenvalue weighted by atomic mass is 10.3. The largest absolute Gasteiger partial charge is 0.465 e. The summed E-state index contributed by atoms with van der Waals surface area (Å²) in [6, 6.07) is 0. The summed E-state index contributed by atoms with van der Waals surface area (Å²) >= 11 is 0. The maximum atomic E-state index is 11.5. The summed E-state index contributed by atoms with van der Waals surface area (Å²) in [5.74, 6) is -1.26. The minimum atomic E-state index is -0.633. The third kappa shape index (κ3) is 2.24. The summed E-state index contributed by atoms with van der Waals surface area (Å²) in [6.07, 6.45) is 1.89. The van der Waals surface area contributed by atoms with Gasteiger partial charge in [-0.1, -0.05) is 6.08 Å². The molecule has 1 aliphatic rings. The van der Waals surface area contributed by atoms with E-state index in [2.05, 4.69) is 9.47 Å². The molecule has 0 amide bonds. The van der Waals surface area contributed by atoms with Crippen molar-refractivity contribution < 1.29 is 19.1 Å². The first-order valence-corrected chi connectivity index (χ1v) is 5.94. The maximum Gasteiger partial charge on any atom is 0.351 e. The minimum Gasteiger partial charge on any atom is -0.465 e. The Morgan fingerprint density at radius 1 is 1.12 bits per heavy atom. The highest BCUT2D eigenvalue weighted by Crippen LogP contribution is 2.37. The van der Waals surface area contributed by atoms with E-state index in [1.54, 1.807) is 0 Å². The van der Waals surface area contributed by atoms with Crippen LogP contribution in [0.25, 0.3) is 0 Å². The van der Waals surface area contributed by atoms with E-state index in [1.807, 2.05) is 25.3 Å². The van der Waals surface area contributed by atoms with Gasteiger partial charge in [0.25, 0.3) is 0 Å². The van der Waals surface area contributed by atoms with E-state index in [0.717, 1.165) is 10.5 Å². The molecular weight excluding hydrogens is 228 g/mol. The van der Waals surface area contributed by atoms with Crippen LogP contribution in [0.4, 0.5) is 0 Å². The van der Waals surface area contributed by atoms with E-state index in [9.17, 15) is 9.59 Å². The van der Waals surface area contributed by atoms with Crippen LogP contribution in [0.15, 0.2) is 22.0 Å². The van der Waals surface area contributed by atoms with Crippen molar-refractivity contribution in [2.45, 2.75) is 13.8 Å². The van der Waals surface area contributed by atoms with E-state index in [4.69, 9.17) is 0 Å². The van der Waals surface area contributed by atoms with Gasteiger partial charge in [0.05, 0.1) is 14.2 Å². The van der Waals surface area contributed by atoms with Gasteiger partial charge in [-0.3, -0.25) is 0 Å². The third-order valence-corrected chi connectivity index (χ3v) is 4.46. The second-order valence-corrected chi connectivity index (χ2v) is 5.16. The molecule has 0 fully saturated rings. The molecule has 0 aromatic carbocycles. The van der Waals surface area contributed by atoms with E-state index < -0.39 is 22.4 Å². The van der Waals surface area contributed by atoms with Crippen molar-refractivity contribution in [2.75, 3.05) is 14.2 Å². The number of carbonyl (C=O) groups is 2. The van der Waals surface area contributed by atoms with Crippen LogP contribution in [-0.2, 0) is 19.1 Å². The van der Waals surface area contributed by atoms with Gasteiger partial charge in [-0.25, -0.2) is 9.59 Å². The first kappa shape index (κ1) is 12.7. The van der Waals surface area contributed by atoms with Gasteiger partial charge in [-0.05, 0) is 29.7 Å². The molecule has 1 rings (SSSR count). The average molecular weight is 242 g/mol. The molecule has 16 heavy (non-hydrogen) atoms. The van der Waals surface area contributed by atoms with Crippen LogP contribution in [0, 0.1) is 0 Å². The molecule has 1 aliphatic heterocycles. The van der Waals surface area contributed by atoms with Crippen molar-refractivity contribution in [1.82, 2.24) is 0 Å². The van der Waals surface area contributed by atoms with E-state index >= 15 is 0 Å². The average Bonchev–Trinajstić information content (AvgIpc) is 2.60. The Kier molecular flexibility index (Phi) is 4.06. The van der Waals surface area contributed by atoms with Gasteiger partial charge in [0, 0.05) is 0 Å². The number of esters is 2. The predicted octanol–water partition coefficient (Wildman–Crippen LogP) is 1.59. The van der Waals surface area contributed by atoms with Gasteiger partial charge in [0.15, 0.2) is 4.86 Å². The van der Waals surface area contributed by atoms with Crippen molar-refractivity contribution in [3.05, 3.63) is 22.0 Å². The summed E-state index contributed by atoms with van der Waals surface area (Å²) in [5.41, 5.74) is 1.06. The number of allylic oxidation sites excluding steroid dienone is 3. The Labute approximate surface area is 96.8 Å². The number of carbonyl (C=O) groups excluding carboxylic acids is 2. The molecule has 0 saturated carbocycles. The molecule has 0 spiro atoms. The number of ether oxygens (including phenoxy) is 2. The summed E-state index contributed by atoms with van der Waals surface area (Å²) in [6.45, 7) is 3.83. The van der Waals surface area contributed by atoms with E-state index in [1.165, 1.54) is 14.2 Å². The summed E-state index contributed by atoms with van der Waals surface area (Å²) < 4.78 is 9.21. The van der Waals surface area contributed by atoms with Crippen molar-refractivity contribution in [3.8, 4) is 0 Å². The summed E-state index contributed by atoms with van der Waals surface area (Å²) in [4.78, 5) is 24.1. The fraction of sp³-hybridized carbons (Fsp3) is 0.364. The molecule has 0 N–H and O–H groups in total. The standard InChI is InChI=1S/C11H14O4S/c1-7-5-6-16(8(7)2)9(10(12)14-3)11(13)15-4/h5-6H,1-4H3. The van der Waals surface area contributed by atoms with Gasteiger partial charge in [0.2, 0.25) is 0 Å². The van der Waals surface area contributed by atoms with E-state index in [-0.39, 0.29) is 4.86 Å². The van der Waals surface area contributed by atoms with Gasteiger partial charge in [0.1, 0.15) is 0 Å². The zero-order valence-electron chi connectivity index (χ0n) is 9.70. The summed E-state index contributed by atoms with van der Waals surface area (Å²) in [5, 5.41) is 1.83. The van der Waals surface area contributed by atoms with Crippen molar-refractivity contribution in [3.63, 3.8) is 0 Å². The SMILES string of the molecule is COC(=O)C(C(=O)OC)=S1C=CC(C)=C1C. The highest BCUT2D eigenvalue weighted by Gasteiger charge is 2.25. The highest BCUT2D eigenvalue weighted by molar-refractivity contribution is 8.23. The monoisotopic (exact) mass is 242 g/mol. The number of hydrogen-bond donors (Lipinski definition) is 0. The van der Waals surface area contributed by atoms with Gasteiger partial charge < -0.3 is 9.47 Å². The lowest BCUT2D eigenvalue weighted by Gasteiger charge is -2.08. The van der Waals surface area contributed by atoms with Gasteiger partial charge in [-0.15, -0.1) is 10.5 Å². The van der Waals surface area contributed by atoms with Crippen LogP contribution in [0.5, 0.6) is 0 Å². The topological polar surface area (TPSA) is 52.6 Å². The molecule has 4 nitrogen and oxygen atoms in total. The van der Waals surface area contributed by atoms with Gasteiger partial charge >= 0.3 is 11.9 Å². The Hall–Kier alpha value is -1.36. The molecule has 1 atom stereocenters. The van der Waals surface area contributed by atoms with Crippen LogP contribution in [0.1, 0.15) is 13.8 Å². The first-order valence-electron chi connectivity index (χ1n) is 4.65. The molecule has 1 unspecified atom stereocenters. The van der Waals surface area contributed by atoms with E-state index in [0.29, 0.717) is 0 Å². The maximum absolute atomic E-state index is 11.5. The van der Waals surface area contributed by atoms with Crippen LogP contribution in [0.2, 0.25) is 0 Å². The second kappa shape index (κ2) is 5.12. The number of rotatable bonds is 2. The van der Waals surface area contributed by atoms with Crippen LogP contribution >= 0.6 is 10.5 Å². The predicted molar refractivity (Wildman–Crippen MR) is 64.1 cm³/mol. The smallest absolute Gasteiger partial charge is 0.351 e. The molecule has 1 heterocycles. The fourth-order valence-corrected chi connectivity index (χ4v) is 3.16. The lowest BCUT2D eigenvalue weighted by molar-refractivity contribution is -0.137. The molecular formula is C11H14O4S. The Morgan fingerprint density at radius 2 is 1.62 bits per heavy atom. The van der Waals surface area contributed by atoms with Crippen molar-refractivity contribution in [2.24, 2.45) is 0 Å². The molecule has 0 bridgehead atoms. The normalized spacial score (nSPS) is 18.6. The second-order valence-electron chi connectivity index (χ2n) is 3.19. The summed E-state index contributed by atoms with van der Waals surface area (Å²) in [7, 11) is 1.87. The Bertz CT molecular complexity index is 411. The fourth-order valence-electron chi connectivity index (χ4n) is 1.23.